The molecular weight excluding hydrogens is 184 g/mol. The number of nitrogen functional groups attached to an aromatic ring is 1. The van der Waals surface area contributed by atoms with E-state index in [-0.39, 0.29) is 0 Å². The van der Waals surface area contributed by atoms with Crippen molar-refractivity contribution in [3.63, 3.8) is 0 Å². The minimum Gasteiger partial charge on any atom is -0.398 e. The summed E-state index contributed by atoms with van der Waals surface area (Å²) in [6.45, 7) is 6.24. The van der Waals surface area contributed by atoms with Crippen LogP contribution in [0.1, 0.15) is 16.7 Å². The van der Waals surface area contributed by atoms with Gasteiger partial charge in [-0.25, -0.2) is 0 Å². The smallest absolute Gasteiger partial charge is 0.0528 e. The van der Waals surface area contributed by atoms with Gasteiger partial charge in [0.05, 0.1) is 5.69 Å². The molecule has 0 aliphatic carbocycles. The molecule has 2 heteroatoms. The van der Waals surface area contributed by atoms with E-state index in [0.717, 1.165) is 16.8 Å². The lowest BCUT2D eigenvalue weighted by molar-refractivity contribution is 1.04. The predicted octanol–water partition coefficient (Wildman–Crippen LogP) is 2.98. The third kappa shape index (κ3) is 1.52. The molecule has 0 unspecified atom stereocenters. The lowest BCUT2D eigenvalue weighted by atomic mass is 10.0. The van der Waals surface area contributed by atoms with Crippen molar-refractivity contribution in [1.82, 2.24) is 4.57 Å². The second-order valence-corrected chi connectivity index (χ2v) is 3.99. The van der Waals surface area contributed by atoms with Crippen molar-refractivity contribution in [3.8, 4) is 5.69 Å². The van der Waals surface area contributed by atoms with Crippen LogP contribution < -0.4 is 5.73 Å². The van der Waals surface area contributed by atoms with Crippen LogP contribution in [0.2, 0.25) is 0 Å². The highest BCUT2D eigenvalue weighted by atomic mass is 14.9. The van der Waals surface area contributed by atoms with E-state index < -0.39 is 0 Å². The van der Waals surface area contributed by atoms with Crippen LogP contribution in [0.4, 0.5) is 5.69 Å². The Bertz CT molecular complexity index is 482. The number of hydrogen-bond donors (Lipinski definition) is 1. The first-order valence-electron chi connectivity index (χ1n) is 5.11. The number of nitrogens with zero attached hydrogens (tertiary/aromatic N) is 1. The van der Waals surface area contributed by atoms with E-state index in [2.05, 4.69) is 31.4 Å². The maximum atomic E-state index is 6.04. The molecule has 0 spiro atoms. The Balaban J connectivity index is 2.72. The van der Waals surface area contributed by atoms with Crippen LogP contribution in [-0.2, 0) is 0 Å². The van der Waals surface area contributed by atoms with E-state index in [0.29, 0.717) is 0 Å². The lowest BCUT2D eigenvalue weighted by Gasteiger charge is -2.15. The zero-order valence-corrected chi connectivity index (χ0v) is 9.41. The fourth-order valence-corrected chi connectivity index (χ4v) is 2.07. The van der Waals surface area contributed by atoms with Gasteiger partial charge in [0.15, 0.2) is 0 Å². The molecule has 0 saturated carbocycles. The molecule has 2 aromatic rings. The largest absolute Gasteiger partial charge is 0.398 e. The van der Waals surface area contributed by atoms with Crippen molar-refractivity contribution in [2.75, 3.05) is 5.73 Å². The molecule has 0 aliphatic rings. The van der Waals surface area contributed by atoms with E-state index in [9.17, 15) is 0 Å². The average molecular weight is 200 g/mol. The number of hydrogen-bond acceptors (Lipinski definition) is 1. The summed E-state index contributed by atoms with van der Waals surface area (Å²) in [6.07, 6.45) is 4.09. The third-order valence-corrected chi connectivity index (χ3v) is 2.85. The van der Waals surface area contributed by atoms with Gasteiger partial charge in [0, 0.05) is 18.1 Å². The highest BCUT2D eigenvalue weighted by Gasteiger charge is 2.09. The average Bonchev–Trinajstić information content (AvgIpc) is 2.68. The summed E-state index contributed by atoms with van der Waals surface area (Å²) in [6, 6.07) is 6.18. The van der Waals surface area contributed by atoms with Crippen LogP contribution in [0.5, 0.6) is 0 Å². The molecule has 1 aromatic heterocycles. The van der Waals surface area contributed by atoms with E-state index in [1.807, 2.05) is 24.5 Å². The molecule has 0 atom stereocenters. The van der Waals surface area contributed by atoms with Gasteiger partial charge in [-0.15, -0.1) is 0 Å². The second-order valence-electron chi connectivity index (χ2n) is 3.99. The van der Waals surface area contributed by atoms with Crippen LogP contribution in [0.25, 0.3) is 5.69 Å². The Morgan fingerprint density at radius 1 is 1.00 bits per heavy atom. The SMILES string of the molecule is Cc1cc(C)c(-n2cccc2)c(C)c1N. The first-order chi connectivity index (χ1) is 7.11. The van der Waals surface area contributed by atoms with Gasteiger partial charge in [0.1, 0.15) is 0 Å². The van der Waals surface area contributed by atoms with Crippen LogP contribution in [-0.4, -0.2) is 4.57 Å². The van der Waals surface area contributed by atoms with E-state index in [1.54, 1.807) is 0 Å². The molecule has 2 nitrogen and oxygen atoms in total. The highest BCUT2D eigenvalue weighted by molar-refractivity contribution is 5.64. The molecule has 0 aliphatic heterocycles. The molecule has 78 valence electrons. The number of anilines is 1. The molecular formula is C13H16N2. The molecule has 1 heterocycles. The maximum Gasteiger partial charge on any atom is 0.0528 e. The standard InChI is InChI=1S/C13H16N2/c1-9-8-10(2)13(11(3)12(9)14)15-6-4-5-7-15/h4-8H,14H2,1-3H3. The molecule has 2 N–H and O–H groups in total. The van der Waals surface area contributed by atoms with Crippen molar-refractivity contribution in [2.45, 2.75) is 20.8 Å². The Labute approximate surface area is 90.3 Å². The molecule has 0 fully saturated rings. The van der Waals surface area contributed by atoms with Gasteiger partial charge >= 0.3 is 0 Å². The number of aromatic nitrogens is 1. The summed E-state index contributed by atoms with van der Waals surface area (Å²) >= 11 is 0. The van der Waals surface area contributed by atoms with Gasteiger partial charge in [0.25, 0.3) is 0 Å². The summed E-state index contributed by atoms with van der Waals surface area (Å²) in [5, 5.41) is 0. The fourth-order valence-electron chi connectivity index (χ4n) is 2.07. The van der Waals surface area contributed by atoms with E-state index >= 15 is 0 Å². The molecule has 2 rings (SSSR count). The first kappa shape index (κ1) is 9.84. The van der Waals surface area contributed by atoms with Crippen LogP contribution in [0.3, 0.4) is 0 Å². The van der Waals surface area contributed by atoms with E-state index in [4.69, 9.17) is 5.73 Å². The van der Waals surface area contributed by atoms with Crippen molar-refractivity contribution in [1.29, 1.82) is 0 Å². The number of nitrogens with two attached hydrogens (primary N) is 1. The fraction of sp³-hybridized carbons (Fsp3) is 0.231. The third-order valence-electron chi connectivity index (χ3n) is 2.85. The molecule has 0 bridgehead atoms. The molecule has 1 aromatic carbocycles. The zero-order chi connectivity index (χ0) is 11.0. The van der Waals surface area contributed by atoms with Crippen molar-refractivity contribution in [2.24, 2.45) is 0 Å². The number of benzene rings is 1. The molecule has 0 radical (unpaired) electrons. The topological polar surface area (TPSA) is 30.9 Å². The summed E-state index contributed by atoms with van der Waals surface area (Å²) in [5.74, 6) is 0. The molecule has 0 saturated heterocycles. The maximum absolute atomic E-state index is 6.04. The number of rotatable bonds is 1. The number of aryl methyl sites for hydroxylation is 2. The van der Waals surface area contributed by atoms with Gasteiger partial charge in [0.2, 0.25) is 0 Å². The summed E-state index contributed by atoms with van der Waals surface area (Å²) in [7, 11) is 0. The van der Waals surface area contributed by atoms with Crippen LogP contribution in [0.15, 0.2) is 30.6 Å². The minimum atomic E-state index is 0.893. The van der Waals surface area contributed by atoms with Gasteiger partial charge < -0.3 is 10.3 Å². The Kier molecular flexibility index (Phi) is 2.27. The Hall–Kier alpha value is -1.70. The second kappa shape index (κ2) is 3.46. The van der Waals surface area contributed by atoms with Gasteiger partial charge in [-0.1, -0.05) is 6.07 Å². The quantitative estimate of drug-likeness (QED) is 0.705. The van der Waals surface area contributed by atoms with Crippen molar-refractivity contribution in [3.05, 3.63) is 47.3 Å². The van der Waals surface area contributed by atoms with Crippen molar-refractivity contribution >= 4 is 5.69 Å². The van der Waals surface area contributed by atoms with Crippen molar-refractivity contribution < 1.29 is 0 Å². The Morgan fingerprint density at radius 3 is 2.20 bits per heavy atom. The predicted molar refractivity (Wildman–Crippen MR) is 64.4 cm³/mol. The minimum absolute atomic E-state index is 0.893. The van der Waals surface area contributed by atoms with Gasteiger partial charge in [-0.2, -0.15) is 0 Å². The van der Waals surface area contributed by atoms with E-state index in [1.165, 1.54) is 11.3 Å². The lowest BCUT2D eigenvalue weighted by Crippen LogP contribution is -2.03. The monoisotopic (exact) mass is 200 g/mol. The first-order valence-corrected chi connectivity index (χ1v) is 5.11. The molecule has 0 amide bonds. The highest BCUT2D eigenvalue weighted by Crippen LogP contribution is 2.27. The van der Waals surface area contributed by atoms with Gasteiger partial charge in [-0.05, 0) is 49.6 Å². The Morgan fingerprint density at radius 2 is 1.60 bits per heavy atom. The molecule has 15 heavy (non-hydrogen) atoms. The summed E-state index contributed by atoms with van der Waals surface area (Å²) in [5.41, 5.74) is 11.7. The van der Waals surface area contributed by atoms with Crippen LogP contribution in [0, 0.1) is 20.8 Å². The zero-order valence-electron chi connectivity index (χ0n) is 9.41. The summed E-state index contributed by atoms with van der Waals surface area (Å²) < 4.78 is 2.11. The summed E-state index contributed by atoms with van der Waals surface area (Å²) in [4.78, 5) is 0. The van der Waals surface area contributed by atoms with Crippen LogP contribution >= 0.6 is 0 Å². The normalized spacial score (nSPS) is 10.6. The van der Waals surface area contributed by atoms with Gasteiger partial charge in [-0.3, -0.25) is 0 Å².